The zero-order valence-electron chi connectivity index (χ0n) is 20.9. The summed E-state index contributed by atoms with van der Waals surface area (Å²) in [6, 6.07) is 9.65. The smallest absolute Gasteiger partial charge is 0.252 e. The maximum Gasteiger partial charge on any atom is 0.252 e. The summed E-state index contributed by atoms with van der Waals surface area (Å²) in [5, 5.41) is 8.33. The van der Waals surface area contributed by atoms with Gasteiger partial charge < -0.3 is 10.1 Å². The summed E-state index contributed by atoms with van der Waals surface area (Å²) in [4.78, 5) is 18.2. The van der Waals surface area contributed by atoms with Crippen LogP contribution in [-0.2, 0) is 21.0 Å². The number of hydrogen-bond acceptors (Lipinski definition) is 6. The molecule has 8 nitrogen and oxygen atoms in total. The van der Waals surface area contributed by atoms with E-state index < -0.39 is 9.84 Å². The van der Waals surface area contributed by atoms with Crippen molar-refractivity contribution in [2.24, 2.45) is 0 Å². The van der Waals surface area contributed by atoms with Gasteiger partial charge in [0.1, 0.15) is 0 Å². The fraction of sp³-hybridized carbons (Fsp3) is 0.500. The number of nitrogens with one attached hydrogen (secondary N) is 1. The van der Waals surface area contributed by atoms with Crippen molar-refractivity contribution in [3.8, 4) is 11.3 Å². The number of rotatable bonds is 9. The number of aromatic nitrogens is 3. The van der Waals surface area contributed by atoms with Crippen molar-refractivity contribution < 1.29 is 17.9 Å². The van der Waals surface area contributed by atoms with Crippen LogP contribution in [0.15, 0.2) is 30.3 Å². The number of hydrogen-bond donors (Lipinski definition) is 1. The first kappa shape index (κ1) is 25.3. The van der Waals surface area contributed by atoms with Gasteiger partial charge in [0.15, 0.2) is 15.5 Å². The van der Waals surface area contributed by atoms with Crippen molar-refractivity contribution in [2.75, 3.05) is 24.7 Å². The lowest BCUT2D eigenvalue weighted by Gasteiger charge is -2.13. The molecule has 1 amide bonds. The van der Waals surface area contributed by atoms with Crippen molar-refractivity contribution in [1.82, 2.24) is 20.1 Å². The van der Waals surface area contributed by atoms with Crippen LogP contribution >= 0.6 is 0 Å². The minimum atomic E-state index is -3.10. The van der Waals surface area contributed by atoms with Gasteiger partial charge in [-0.25, -0.2) is 18.1 Å². The number of fused-ring (bicyclic) bond motifs is 1. The molecule has 3 heterocycles. The Hall–Kier alpha value is -2.78. The van der Waals surface area contributed by atoms with Crippen LogP contribution in [0, 0.1) is 6.92 Å². The zero-order valence-corrected chi connectivity index (χ0v) is 21.7. The standard InChI is InChI=1S/C26H34N4O4S/c1-5-19-7-9-20(10-8-19)23-15-22(26(31)27-12-6-13-34-17(2)3)24-18(4)29-30(25(24)28-23)21-11-14-35(32,33)16-21/h7-10,15,17,21H,5-6,11-14,16H2,1-4H3,(H,27,31). The first-order chi connectivity index (χ1) is 16.7. The van der Waals surface area contributed by atoms with Gasteiger partial charge in [0.05, 0.1) is 46.0 Å². The summed E-state index contributed by atoms with van der Waals surface area (Å²) in [5.74, 6) is -0.0187. The van der Waals surface area contributed by atoms with Crippen LogP contribution < -0.4 is 5.32 Å². The molecule has 0 bridgehead atoms. The quantitative estimate of drug-likeness (QED) is 0.449. The molecule has 1 aliphatic rings. The third-order valence-electron chi connectivity index (χ3n) is 6.35. The zero-order chi connectivity index (χ0) is 25.2. The molecular weight excluding hydrogens is 464 g/mol. The second-order valence-electron chi connectivity index (χ2n) is 9.42. The van der Waals surface area contributed by atoms with Crippen LogP contribution in [0.1, 0.15) is 61.3 Å². The van der Waals surface area contributed by atoms with Crippen molar-refractivity contribution in [1.29, 1.82) is 0 Å². The molecule has 4 rings (SSSR count). The summed E-state index contributed by atoms with van der Waals surface area (Å²) in [5.41, 5.74) is 4.49. The first-order valence-electron chi connectivity index (χ1n) is 12.3. The Morgan fingerprint density at radius 2 is 2.00 bits per heavy atom. The fourth-order valence-electron chi connectivity index (χ4n) is 4.46. The molecule has 1 saturated heterocycles. The van der Waals surface area contributed by atoms with Gasteiger partial charge in [-0.15, -0.1) is 0 Å². The Morgan fingerprint density at radius 3 is 2.63 bits per heavy atom. The number of sulfone groups is 1. The van der Waals surface area contributed by atoms with Gasteiger partial charge >= 0.3 is 0 Å². The molecule has 2 aromatic heterocycles. The predicted octanol–water partition coefficient (Wildman–Crippen LogP) is 3.87. The van der Waals surface area contributed by atoms with Gasteiger partial charge in [-0.2, -0.15) is 5.10 Å². The van der Waals surface area contributed by atoms with Crippen molar-refractivity contribution in [3.63, 3.8) is 0 Å². The van der Waals surface area contributed by atoms with Crippen molar-refractivity contribution >= 4 is 26.8 Å². The Bertz CT molecular complexity index is 1310. The van der Waals surface area contributed by atoms with E-state index in [1.54, 1.807) is 4.68 Å². The molecular formula is C26H34N4O4S. The number of amides is 1. The van der Waals surface area contributed by atoms with Crippen LogP contribution in [0.2, 0.25) is 0 Å². The van der Waals surface area contributed by atoms with E-state index in [0.29, 0.717) is 54.0 Å². The number of ether oxygens (including phenoxy) is 1. The maximum atomic E-state index is 13.3. The Morgan fingerprint density at radius 1 is 1.26 bits per heavy atom. The third-order valence-corrected chi connectivity index (χ3v) is 8.10. The number of aryl methyl sites for hydroxylation is 2. The lowest BCUT2D eigenvalue weighted by Crippen LogP contribution is -2.26. The Balaban J connectivity index is 1.74. The molecule has 0 aliphatic carbocycles. The van der Waals surface area contributed by atoms with Crippen LogP contribution in [0.4, 0.5) is 0 Å². The summed E-state index contributed by atoms with van der Waals surface area (Å²) in [6.45, 7) is 8.97. The van der Waals surface area contributed by atoms with E-state index in [0.717, 1.165) is 12.0 Å². The van der Waals surface area contributed by atoms with E-state index in [1.165, 1.54) is 5.56 Å². The largest absolute Gasteiger partial charge is 0.379 e. The lowest BCUT2D eigenvalue weighted by molar-refractivity contribution is 0.0757. The van der Waals surface area contributed by atoms with Crippen molar-refractivity contribution in [2.45, 2.75) is 59.1 Å². The Labute approximate surface area is 207 Å². The number of carbonyl (C=O) groups excluding carboxylic acids is 1. The topological polar surface area (TPSA) is 103 Å². The summed E-state index contributed by atoms with van der Waals surface area (Å²) in [6.07, 6.45) is 2.29. The van der Waals surface area contributed by atoms with Gasteiger partial charge in [-0.05, 0) is 51.7 Å². The van der Waals surface area contributed by atoms with E-state index in [1.807, 2.05) is 39.0 Å². The summed E-state index contributed by atoms with van der Waals surface area (Å²) >= 11 is 0. The van der Waals surface area contributed by atoms with Crippen LogP contribution in [0.5, 0.6) is 0 Å². The highest BCUT2D eigenvalue weighted by Crippen LogP contribution is 2.32. The molecule has 1 atom stereocenters. The minimum absolute atomic E-state index is 0.0394. The average molecular weight is 499 g/mol. The third kappa shape index (κ3) is 5.73. The maximum absolute atomic E-state index is 13.3. The molecule has 0 saturated carbocycles. The predicted molar refractivity (Wildman–Crippen MR) is 137 cm³/mol. The van der Waals surface area contributed by atoms with Crippen LogP contribution in [-0.4, -0.2) is 59.9 Å². The molecule has 188 valence electrons. The van der Waals surface area contributed by atoms with Crippen LogP contribution in [0.25, 0.3) is 22.3 Å². The van der Waals surface area contributed by atoms with Crippen LogP contribution in [0.3, 0.4) is 0 Å². The number of nitrogens with zero attached hydrogens (tertiary/aromatic N) is 3. The molecule has 0 spiro atoms. The fourth-order valence-corrected chi connectivity index (χ4v) is 6.15. The second kappa shape index (κ2) is 10.5. The van der Waals surface area contributed by atoms with Gasteiger partial charge in [0.2, 0.25) is 0 Å². The molecule has 1 fully saturated rings. The normalized spacial score (nSPS) is 17.3. The number of carbonyl (C=O) groups is 1. The molecule has 1 unspecified atom stereocenters. The van der Waals surface area contributed by atoms with E-state index in [9.17, 15) is 13.2 Å². The molecule has 35 heavy (non-hydrogen) atoms. The minimum Gasteiger partial charge on any atom is -0.379 e. The SMILES string of the molecule is CCc1ccc(-c2cc(C(=O)NCCCOC(C)C)c3c(C)nn(C4CCS(=O)(=O)C4)c3n2)cc1. The average Bonchev–Trinajstić information content (AvgIpc) is 3.36. The summed E-state index contributed by atoms with van der Waals surface area (Å²) < 4.78 is 31.6. The molecule has 0 radical (unpaired) electrons. The van der Waals surface area contributed by atoms with E-state index >= 15 is 0 Å². The highest BCUT2D eigenvalue weighted by Gasteiger charge is 2.32. The van der Waals surface area contributed by atoms with E-state index in [4.69, 9.17) is 9.72 Å². The number of pyridine rings is 1. The highest BCUT2D eigenvalue weighted by molar-refractivity contribution is 7.91. The first-order valence-corrected chi connectivity index (χ1v) is 14.1. The molecule has 3 aromatic rings. The van der Waals surface area contributed by atoms with Crippen molar-refractivity contribution in [3.05, 3.63) is 47.2 Å². The molecule has 9 heteroatoms. The van der Waals surface area contributed by atoms with Gasteiger partial charge in [-0.1, -0.05) is 31.2 Å². The highest BCUT2D eigenvalue weighted by atomic mass is 32.2. The van der Waals surface area contributed by atoms with Gasteiger partial charge in [0.25, 0.3) is 5.91 Å². The van der Waals surface area contributed by atoms with Gasteiger partial charge in [0, 0.05) is 18.7 Å². The monoisotopic (exact) mass is 498 g/mol. The lowest BCUT2D eigenvalue weighted by atomic mass is 10.0. The second-order valence-corrected chi connectivity index (χ2v) is 11.6. The van der Waals surface area contributed by atoms with Gasteiger partial charge in [-0.3, -0.25) is 4.79 Å². The number of benzene rings is 1. The molecule has 1 aliphatic heterocycles. The Kier molecular flexibility index (Phi) is 7.56. The summed E-state index contributed by atoms with van der Waals surface area (Å²) in [7, 11) is -3.10. The molecule has 1 aromatic carbocycles. The molecule has 1 N–H and O–H groups in total. The van der Waals surface area contributed by atoms with E-state index in [2.05, 4.69) is 29.5 Å². The van der Waals surface area contributed by atoms with E-state index in [-0.39, 0.29) is 29.6 Å².